The zero-order chi connectivity index (χ0) is 27.5. The van der Waals surface area contributed by atoms with Gasteiger partial charge in [0.05, 0.1) is 4.88 Å². The second kappa shape index (κ2) is 11.3. The van der Waals surface area contributed by atoms with Crippen molar-refractivity contribution in [1.29, 1.82) is 0 Å². The van der Waals surface area contributed by atoms with E-state index in [9.17, 15) is 24.2 Å². The molecule has 3 N–H and O–H groups in total. The van der Waals surface area contributed by atoms with E-state index in [4.69, 9.17) is 11.6 Å². The van der Waals surface area contributed by atoms with Crippen LogP contribution in [0.5, 0.6) is 5.75 Å². The summed E-state index contributed by atoms with van der Waals surface area (Å²) in [5.74, 6) is -2.03. The molecule has 5 nitrogen and oxygen atoms in total. The van der Waals surface area contributed by atoms with Crippen LogP contribution in [0.3, 0.4) is 0 Å². The maximum absolute atomic E-state index is 13.7. The minimum Gasteiger partial charge on any atom is -0.508 e. The number of carbonyl (C=O) groups is 2. The summed E-state index contributed by atoms with van der Waals surface area (Å²) in [6, 6.07) is 24.6. The van der Waals surface area contributed by atoms with Gasteiger partial charge >= 0.3 is 5.97 Å². The summed E-state index contributed by atoms with van der Waals surface area (Å²) in [7, 11) is 0. The van der Waals surface area contributed by atoms with Gasteiger partial charge in [0.1, 0.15) is 17.6 Å². The van der Waals surface area contributed by atoms with E-state index in [2.05, 4.69) is 5.32 Å². The molecule has 0 aliphatic rings. The summed E-state index contributed by atoms with van der Waals surface area (Å²) in [4.78, 5) is 25.6. The van der Waals surface area contributed by atoms with Gasteiger partial charge in [-0.15, -0.1) is 11.3 Å². The summed E-state index contributed by atoms with van der Waals surface area (Å²) < 4.78 is 14.6. The van der Waals surface area contributed by atoms with Crippen molar-refractivity contribution >= 4 is 44.9 Å². The number of hydrogen-bond donors (Lipinski definition) is 3. The predicted octanol–water partition coefficient (Wildman–Crippen LogP) is 7.08. The van der Waals surface area contributed by atoms with E-state index in [1.807, 2.05) is 42.5 Å². The first-order valence-corrected chi connectivity index (χ1v) is 13.3. The van der Waals surface area contributed by atoms with Crippen molar-refractivity contribution in [2.45, 2.75) is 18.9 Å². The smallest absolute Gasteiger partial charge is 0.326 e. The lowest BCUT2D eigenvalue weighted by Crippen LogP contribution is -2.42. The van der Waals surface area contributed by atoms with Gasteiger partial charge < -0.3 is 15.5 Å². The van der Waals surface area contributed by atoms with Crippen LogP contribution in [0.2, 0.25) is 5.02 Å². The van der Waals surface area contributed by atoms with Crippen LogP contribution in [-0.4, -0.2) is 28.1 Å². The highest BCUT2D eigenvalue weighted by molar-refractivity contribution is 7.20. The Balaban J connectivity index is 1.36. The van der Waals surface area contributed by atoms with Crippen LogP contribution >= 0.6 is 22.9 Å². The Kier molecular flexibility index (Phi) is 7.63. The number of hydrogen-bond acceptors (Lipinski definition) is 4. The monoisotopic (exact) mass is 559 g/mol. The molecule has 0 aliphatic carbocycles. The first-order chi connectivity index (χ1) is 18.7. The highest BCUT2D eigenvalue weighted by Gasteiger charge is 2.24. The van der Waals surface area contributed by atoms with Gasteiger partial charge in [0, 0.05) is 16.1 Å². The third-order valence-electron chi connectivity index (χ3n) is 6.42. The summed E-state index contributed by atoms with van der Waals surface area (Å²) in [5.41, 5.74) is 3.94. The molecule has 0 fully saturated rings. The Labute approximate surface area is 233 Å². The third-order valence-corrected chi connectivity index (χ3v) is 7.79. The van der Waals surface area contributed by atoms with Crippen molar-refractivity contribution in [1.82, 2.24) is 5.32 Å². The lowest BCUT2D eigenvalue weighted by Gasteiger charge is -2.17. The second-order valence-corrected chi connectivity index (χ2v) is 10.7. The van der Waals surface area contributed by atoms with Crippen molar-refractivity contribution in [3.05, 3.63) is 123 Å². The Morgan fingerprint density at radius 2 is 1.67 bits per heavy atom. The number of carboxylic acids is 1. The quantitative estimate of drug-likeness (QED) is 0.189. The van der Waals surface area contributed by atoms with Gasteiger partial charge in [0.15, 0.2) is 0 Å². The number of benzene rings is 4. The summed E-state index contributed by atoms with van der Waals surface area (Å²) in [5, 5.41) is 24.1. The first-order valence-electron chi connectivity index (χ1n) is 12.1. The van der Waals surface area contributed by atoms with Crippen LogP contribution in [0.4, 0.5) is 4.39 Å². The normalized spacial score (nSPS) is 11.8. The number of aliphatic carboxylic acids is 1. The molecule has 5 aromatic rings. The molecule has 0 saturated carbocycles. The van der Waals surface area contributed by atoms with E-state index < -0.39 is 17.9 Å². The number of amides is 1. The van der Waals surface area contributed by atoms with E-state index in [1.54, 1.807) is 24.3 Å². The molecule has 8 heteroatoms. The van der Waals surface area contributed by atoms with Gasteiger partial charge in [-0.3, -0.25) is 4.79 Å². The van der Waals surface area contributed by atoms with Crippen molar-refractivity contribution in [3.63, 3.8) is 0 Å². The number of carboxylic acid groups (broad SMARTS) is 1. The van der Waals surface area contributed by atoms with Crippen LogP contribution in [0.25, 0.3) is 21.2 Å². The second-order valence-electron chi connectivity index (χ2n) is 9.20. The lowest BCUT2D eigenvalue weighted by atomic mass is 9.95. The molecular weight excluding hydrogens is 537 g/mol. The third kappa shape index (κ3) is 6.28. The van der Waals surface area contributed by atoms with Gasteiger partial charge in [-0.25, -0.2) is 9.18 Å². The molecule has 1 amide bonds. The highest BCUT2D eigenvalue weighted by atomic mass is 35.5. The molecule has 5 rings (SSSR count). The highest BCUT2D eigenvalue weighted by Crippen LogP contribution is 2.31. The fourth-order valence-corrected chi connectivity index (χ4v) is 5.54. The molecule has 0 unspecified atom stereocenters. The number of phenolic OH excluding ortho intramolecular Hbond substituents is 1. The van der Waals surface area contributed by atoms with Crippen LogP contribution in [-0.2, 0) is 17.6 Å². The number of nitrogens with one attached hydrogen (secondary N) is 1. The molecule has 0 radical (unpaired) electrons. The SMILES string of the molecule is O=C(N[C@@H](Cc1ccc(O)cc1Cc1cccc(F)c1)C(=O)O)c1cc2cc(-c3ccc(Cl)cc3)ccc2s1. The molecule has 196 valence electrons. The predicted molar refractivity (Wildman–Crippen MR) is 152 cm³/mol. The van der Waals surface area contributed by atoms with E-state index in [-0.39, 0.29) is 18.0 Å². The van der Waals surface area contributed by atoms with E-state index in [1.165, 1.54) is 35.6 Å². The summed E-state index contributed by atoms with van der Waals surface area (Å²) >= 11 is 7.28. The molecule has 1 heterocycles. The van der Waals surface area contributed by atoms with Crippen molar-refractivity contribution in [3.8, 4) is 16.9 Å². The lowest BCUT2D eigenvalue weighted by molar-refractivity contribution is -0.139. The summed E-state index contributed by atoms with van der Waals surface area (Å²) in [6.45, 7) is 0. The first kappa shape index (κ1) is 26.4. The Morgan fingerprint density at radius 3 is 2.41 bits per heavy atom. The minimum atomic E-state index is -1.21. The molecule has 4 aromatic carbocycles. The van der Waals surface area contributed by atoms with Crippen LogP contribution in [0.1, 0.15) is 26.4 Å². The standard InChI is InChI=1S/C31H23ClFNO4S/c32-24-8-4-19(5-9-24)20-7-11-28-23(14-20)17-29(39-28)30(36)34-27(31(37)38)16-21-6-10-26(35)15-22(21)12-18-2-1-3-25(33)13-18/h1-11,13-15,17,27,35H,12,16H2,(H,34,36)(H,37,38)/t27-/m0/s1. The molecule has 0 saturated heterocycles. The molecule has 0 bridgehead atoms. The fraction of sp³-hybridized carbons (Fsp3) is 0.0968. The van der Waals surface area contributed by atoms with Gasteiger partial charge in [0.2, 0.25) is 0 Å². The molecule has 1 aromatic heterocycles. The van der Waals surface area contributed by atoms with Crippen molar-refractivity contribution in [2.24, 2.45) is 0 Å². The van der Waals surface area contributed by atoms with E-state index >= 15 is 0 Å². The van der Waals surface area contributed by atoms with Gasteiger partial charge in [0.25, 0.3) is 5.91 Å². The van der Waals surface area contributed by atoms with Crippen LogP contribution in [0.15, 0.2) is 91.0 Å². The molecule has 1 atom stereocenters. The summed E-state index contributed by atoms with van der Waals surface area (Å²) in [6.07, 6.45) is 0.297. The number of halogens is 2. The number of fused-ring (bicyclic) bond motifs is 1. The average molecular weight is 560 g/mol. The van der Waals surface area contributed by atoms with Crippen molar-refractivity contribution < 1.29 is 24.2 Å². The molecule has 0 aliphatic heterocycles. The largest absolute Gasteiger partial charge is 0.508 e. The minimum absolute atomic E-state index is 0.00237. The number of carbonyl (C=O) groups excluding carboxylic acids is 1. The van der Waals surface area contributed by atoms with Crippen LogP contribution < -0.4 is 5.32 Å². The molecule has 0 spiro atoms. The zero-order valence-electron chi connectivity index (χ0n) is 20.5. The number of aromatic hydroxyl groups is 1. The van der Waals surface area contributed by atoms with Gasteiger partial charge in [-0.2, -0.15) is 0 Å². The number of rotatable bonds is 8. The van der Waals surface area contributed by atoms with E-state index in [0.29, 0.717) is 33.0 Å². The Hall–Kier alpha value is -4.20. The van der Waals surface area contributed by atoms with Crippen molar-refractivity contribution in [2.75, 3.05) is 0 Å². The Bertz CT molecular complexity index is 1680. The maximum atomic E-state index is 13.7. The zero-order valence-corrected chi connectivity index (χ0v) is 22.1. The topological polar surface area (TPSA) is 86.6 Å². The van der Waals surface area contributed by atoms with E-state index in [0.717, 1.165) is 21.2 Å². The maximum Gasteiger partial charge on any atom is 0.326 e. The molecular formula is C31H23ClFNO4S. The average Bonchev–Trinajstić information content (AvgIpc) is 3.34. The van der Waals surface area contributed by atoms with Gasteiger partial charge in [-0.1, -0.05) is 48.0 Å². The number of phenols is 1. The van der Waals surface area contributed by atoms with Gasteiger partial charge in [-0.05, 0) is 94.2 Å². The van der Waals surface area contributed by atoms with Crippen LogP contribution in [0, 0.1) is 5.82 Å². The fourth-order valence-electron chi connectivity index (χ4n) is 4.47. The Morgan fingerprint density at radius 1 is 0.897 bits per heavy atom. The number of thiophene rings is 1. The molecule has 39 heavy (non-hydrogen) atoms.